The molecule has 35 heavy (non-hydrogen) atoms. The van der Waals surface area contributed by atoms with E-state index in [1.54, 1.807) is 54.7 Å². The molecule has 0 bridgehead atoms. The van der Waals surface area contributed by atoms with Gasteiger partial charge in [0.1, 0.15) is 0 Å². The smallest absolute Gasteiger partial charge is 0.265 e. The Morgan fingerprint density at radius 1 is 1.17 bits per heavy atom. The standard InChI is InChI=1S/C25H25N7O2S/c1-3-22(31-24(33)15-4-5-21(27)16(6-15)9-26)18-7-17(10-28-11-18)19-8-23(35-14-19)25(34)30-20-12-29-32(2)13-20/h4-14,22,26H,3,27H2,1-2H3,(H,30,34)(H,31,33). The summed E-state index contributed by atoms with van der Waals surface area (Å²) in [5, 5.41) is 19.3. The van der Waals surface area contributed by atoms with Crippen molar-refractivity contribution in [3.8, 4) is 11.1 Å². The van der Waals surface area contributed by atoms with Crippen molar-refractivity contribution in [2.75, 3.05) is 11.1 Å². The van der Waals surface area contributed by atoms with Gasteiger partial charge in [-0.05, 0) is 53.3 Å². The summed E-state index contributed by atoms with van der Waals surface area (Å²) < 4.78 is 1.62. The van der Waals surface area contributed by atoms with Crippen molar-refractivity contribution in [3.05, 3.63) is 82.1 Å². The number of nitrogens with one attached hydrogen (secondary N) is 3. The third kappa shape index (κ3) is 5.44. The van der Waals surface area contributed by atoms with Crippen LogP contribution in [0.5, 0.6) is 0 Å². The molecule has 3 heterocycles. The molecule has 4 rings (SSSR count). The molecule has 0 radical (unpaired) electrons. The molecule has 0 fully saturated rings. The number of thiophene rings is 1. The summed E-state index contributed by atoms with van der Waals surface area (Å²) in [4.78, 5) is 30.4. The summed E-state index contributed by atoms with van der Waals surface area (Å²) in [6.45, 7) is 1.98. The van der Waals surface area contributed by atoms with Gasteiger partial charge in [-0.3, -0.25) is 19.3 Å². The summed E-state index contributed by atoms with van der Waals surface area (Å²) in [7, 11) is 1.79. The Morgan fingerprint density at radius 2 is 2.00 bits per heavy atom. The van der Waals surface area contributed by atoms with Crippen LogP contribution in [0.2, 0.25) is 0 Å². The van der Waals surface area contributed by atoms with Gasteiger partial charge in [-0.25, -0.2) is 0 Å². The molecule has 1 unspecified atom stereocenters. The first-order valence-corrected chi connectivity index (χ1v) is 11.8. The molecule has 9 nitrogen and oxygen atoms in total. The number of hydrogen-bond acceptors (Lipinski definition) is 7. The van der Waals surface area contributed by atoms with E-state index in [1.807, 2.05) is 24.4 Å². The fourth-order valence-electron chi connectivity index (χ4n) is 3.59. The molecule has 4 aromatic rings. The molecule has 1 aromatic carbocycles. The first-order chi connectivity index (χ1) is 16.9. The molecule has 5 N–H and O–H groups in total. The topological polar surface area (TPSA) is 139 Å². The van der Waals surface area contributed by atoms with Crippen molar-refractivity contribution in [2.24, 2.45) is 7.05 Å². The van der Waals surface area contributed by atoms with Crippen molar-refractivity contribution < 1.29 is 9.59 Å². The maximum absolute atomic E-state index is 12.9. The predicted octanol–water partition coefficient (Wildman–Crippen LogP) is 4.26. The number of anilines is 2. The van der Waals surface area contributed by atoms with Gasteiger partial charge in [0.2, 0.25) is 0 Å². The van der Waals surface area contributed by atoms with Crippen molar-refractivity contribution in [1.29, 1.82) is 5.41 Å². The van der Waals surface area contributed by atoms with Crippen molar-refractivity contribution >= 4 is 40.7 Å². The number of amides is 2. The van der Waals surface area contributed by atoms with Crippen LogP contribution in [0.15, 0.2) is 60.5 Å². The van der Waals surface area contributed by atoms with E-state index in [2.05, 4.69) is 20.7 Å². The van der Waals surface area contributed by atoms with E-state index in [0.29, 0.717) is 33.8 Å². The Bertz CT molecular complexity index is 1390. The molecule has 10 heteroatoms. The highest BCUT2D eigenvalue weighted by molar-refractivity contribution is 7.12. The minimum Gasteiger partial charge on any atom is -0.398 e. The fraction of sp³-hybridized carbons (Fsp3) is 0.160. The Labute approximate surface area is 206 Å². The molecule has 0 saturated heterocycles. The molecule has 1 atom stereocenters. The lowest BCUT2D eigenvalue weighted by molar-refractivity contribution is 0.0935. The predicted molar refractivity (Wildman–Crippen MR) is 138 cm³/mol. The number of carbonyl (C=O) groups is 2. The molecular formula is C25H25N7O2S. The number of pyridine rings is 1. The third-order valence-corrected chi connectivity index (χ3v) is 6.43. The largest absolute Gasteiger partial charge is 0.398 e. The lowest BCUT2D eigenvalue weighted by atomic mass is 10.0. The first kappa shape index (κ1) is 23.8. The number of nitrogens with zero attached hydrogens (tertiary/aromatic N) is 3. The zero-order valence-corrected chi connectivity index (χ0v) is 20.1. The number of carbonyl (C=O) groups excluding carboxylic acids is 2. The second-order valence-corrected chi connectivity index (χ2v) is 8.90. The monoisotopic (exact) mass is 487 g/mol. The number of rotatable bonds is 8. The Morgan fingerprint density at radius 3 is 2.71 bits per heavy atom. The van der Waals surface area contributed by atoms with Gasteiger partial charge in [-0.15, -0.1) is 11.3 Å². The van der Waals surface area contributed by atoms with Crippen molar-refractivity contribution in [1.82, 2.24) is 20.1 Å². The van der Waals surface area contributed by atoms with Crippen LogP contribution in [0.4, 0.5) is 11.4 Å². The quantitative estimate of drug-likeness (QED) is 0.217. The van der Waals surface area contributed by atoms with E-state index in [1.165, 1.54) is 11.3 Å². The van der Waals surface area contributed by atoms with Crippen LogP contribution < -0.4 is 16.4 Å². The molecule has 0 aliphatic carbocycles. The normalized spacial score (nSPS) is 11.6. The Hall–Kier alpha value is -4.31. The molecule has 3 aromatic heterocycles. The maximum Gasteiger partial charge on any atom is 0.265 e. The van der Waals surface area contributed by atoms with Crippen LogP contribution in [0.3, 0.4) is 0 Å². The summed E-state index contributed by atoms with van der Waals surface area (Å²) in [6.07, 6.45) is 8.57. The number of benzene rings is 1. The number of nitrogens with two attached hydrogens (primary N) is 1. The number of aryl methyl sites for hydroxylation is 1. The average Bonchev–Trinajstić information content (AvgIpc) is 3.52. The zero-order chi connectivity index (χ0) is 24.9. The van der Waals surface area contributed by atoms with E-state index in [0.717, 1.165) is 22.9 Å². The summed E-state index contributed by atoms with van der Waals surface area (Å²) in [6, 6.07) is 8.40. The van der Waals surface area contributed by atoms with E-state index in [4.69, 9.17) is 11.1 Å². The van der Waals surface area contributed by atoms with Gasteiger partial charge in [0, 0.05) is 54.2 Å². The van der Waals surface area contributed by atoms with Crippen molar-refractivity contribution in [3.63, 3.8) is 0 Å². The molecule has 178 valence electrons. The Kier molecular flexibility index (Phi) is 7.02. The second-order valence-electron chi connectivity index (χ2n) is 7.99. The van der Waals surface area contributed by atoms with Gasteiger partial charge in [-0.1, -0.05) is 6.92 Å². The molecule has 2 amide bonds. The Balaban J connectivity index is 1.50. The first-order valence-electron chi connectivity index (χ1n) is 10.9. The number of aromatic nitrogens is 3. The molecule has 0 aliphatic rings. The highest BCUT2D eigenvalue weighted by Crippen LogP contribution is 2.28. The minimum atomic E-state index is -0.261. The van der Waals surface area contributed by atoms with Crippen LogP contribution in [0.1, 0.15) is 50.5 Å². The lowest BCUT2D eigenvalue weighted by Gasteiger charge is -2.18. The van der Waals surface area contributed by atoms with E-state index < -0.39 is 0 Å². The van der Waals surface area contributed by atoms with Crippen LogP contribution in [-0.4, -0.2) is 32.8 Å². The second kappa shape index (κ2) is 10.3. The fourth-order valence-corrected chi connectivity index (χ4v) is 4.41. The molecular weight excluding hydrogens is 462 g/mol. The molecule has 0 spiro atoms. The summed E-state index contributed by atoms with van der Waals surface area (Å²) >= 11 is 1.35. The van der Waals surface area contributed by atoms with Crippen LogP contribution in [0.25, 0.3) is 11.1 Å². The molecule has 0 aliphatic heterocycles. The molecule has 0 saturated carbocycles. The average molecular weight is 488 g/mol. The van der Waals surface area contributed by atoms with Crippen LogP contribution >= 0.6 is 11.3 Å². The van der Waals surface area contributed by atoms with Gasteiger partial charge in [-0.2, -0.15) is 5.10 Å². The van der Waals surface area contributed by atoms with Gasteiger partial charge in [0.25, 0.3) is 11.8 Å². The SMILES string of the molecule is CCC(NC(=O)c1ccc(N)c(C=N)c1)c1cncc(-c2csc(C(=O)Nc3cnn(C)c3)c2)c1. The van der Waals surface area contributed by atoms with Gasteiger partial charge in [0.15, 0.2) is 0 Å². The van der Waals surface area contributed by atoms with Gasteiger partial charge in [0.05, 0.1) is 22.8 Å². The number of hydrogen-bond donors (Lipinski definition) is 4. The van der Waals surface area contributed by atoms with E-state index in [9.17, 15) is 9.59 Å². The van der Waals surface area contributed by atoms with Gasteiger partial charge >= 0.3 is 0 Å². The van der Waals surface area contributed by atoms with E-state index >= 15 is 0 Å². The third-order valence-electron chi connectivity index (χ3n) is 5.50. The summed E-state index contributed by atoms with van der Waals surface area (Å²) in [5.74, 6) is -0.458. The lowest BCUT2D eigenvalue weighted by Crippen LogP contribution is -2.28. The van der Waals surface area contributed by atoms with Gasteiger partial charge < -0.3 is 21.8 Å². The van der Waals surface area contributed by atoms with E-state index in [-0.39, 0.29) is 17.9 Å². The van der Waals surface area contributed by atoms with Crippen LogP contribution in [-0.2, 0) is 7.05 Å². The van der Waals surface area contributed by atoms with Crippen LogP contribution in [0, 0.1) is 5.41 Å². The summed E-state index contributed by atoms with van der Waals surface area (Å²) in [5.41, 5.74) is 10.4. The highest BCUT2D eigenvalue weighted by Gasteiger charge is 2.17. The zero-order valence-electron chi connectivity index (χ0n) is 19.3. The number of nitrogen functional groups attached to an aromatic ring is 1. The minimum absolute atomic E-state index is 0.204. The highest BCUT2D eigenvalue weighted by atomic mass is 32.1. The maximum atomic E-state index is 12.9. The van der Waals surface area contributed by atoms with Crippen molar-refractivity contribution in [2.45, 2.75) is 19.4 Å².